The molecule has 33 heavy (non-hydrogen) atoms. The van der Waals surface area contributed by atoms with E-state index in [1.165, 1.54) is 24.3 Å². The highest BCUT2D eigenvalue weighted by molar-refractivity contribution is 14.1. The van der Waals surface area contributed by atoms with Crippen molar-refractivity contribution in [1.82, 2.24) is 13.8 Å². The lowest BCUT2D eigenvalue weighted by molar-refractivity contribution is 0.586. The summed E-state index contributed by atoms with van der Waals surface area (Å²) < 4.78 is 60.1. The van der Waals surface area contributed by atoms with Gasteiger partial charge < -0.3 is 0 Å². The molecule has 0 fully saturated rings. The summed E-state index contributed by atoms with van der Waals surface area (Å²) in [6, 6.07) is 11.9. The van der Waals surface area contributed by atoms with Crippen molar-refractivity contribution in [2.24, 2.45) is 7.05 Å². The number of allylic oxidation sites excluding steroid dienone is 3. The molecule has 2 aromatic heterocycles. The van der Waals surface area contributed by atoms with E-state index in [9.17, 15) is 17.2 Å². The van der Waals surface area contributed by atoms with Crippen LogP contribution in [-0.2, 0) is 17.1 Å². The predicted molar refractivity (Wildman–Crippen MR) is 135 cm³/mol. The Bertz CT molecular complexity index is 1550. The maximum absolute atomic E-state index is 14.8. The van der Waals surface area contributed by atoms with Gasteiger partial charge >= 0.3 is 0 Å². The minimum atomic E-state index is -4.25. The molecule has 0 spiro atoms. The summed E-state index contributed by atoms with van der Waals surface area (Å²) in [4.78, 5) is -0.154. The largest absolute Gasteiger partial charge is 0.268 e. The fourth-order valence-electron chi connectivity index (χ4n) is 3.71. The molecule has 0 aliphatic rings. The topological polar surface area (TPSA) is 56.9 Å². The zero-order valence-electron chi connectivity index (χ0n) is 17.5. The van der Waals surface area contributed by atoms with E-state index in [2.05, 4.69) is 40.8 Å². The number of halogens is 3. The standard InChI is InChI=1S/C24H18F2IN3O2S/c1-4-7-17(5-2)33(31,32)30-20-11-10-15(21-14-23(27)28-29(21)3)12-16(20)13-22(30)24-18(25)8-6-9-19(24)26/h4-14H,1-2H2,3H3. The van der Waals surface area contributed by atoms with Crippen molar-refractivity contribution < 1.29 is 17.2 Å². The molecule has 0 radical (unpaired) electrons. The van der Waals surface area contributed by atoms with Gasteiger partial charge in [-0.25, -0.2) is 21.2 Å². The van der Waals surface area contributed by atoms with Gasteiger partial charge in [0.05, 0.1) is 27.4 Å². The molecule has 0 saturated heterocycles. The molecule has 5 nitrogen and oxygen atoms in total. The highest BCUT2D eigenvalue weighted by Crippen LogP contribution is 2.36. The van der Waals surface area contributed by atoms with Crippen molar-refractivity contribution in [1.29, 1.82) is 0 Å². The lowest BCUT2D eigenvalue weighted by Crippen LogP contribution is -2.15. The summed E-state index contributed by atoms with van der Waals surface area (Å²) in [5.41, 5.74) is 1.30. The van der Waals surface area contributed by atoms with Crippen LogP contribution in [-0.4, -0.2) is 22.2 Å². The Hall–Kier alpha value is -3.05. The van der Waals surface area contributed by atoms with Crippen LogP contribution in [0.5, 0.6) is 0 Å². The number of fused-ring (bicyclic) bond motifs is 1. The Kier molecular flexibility index (Phi) is 6.10. The summed E-state index contributed by atoms with van der Waals surface area (Å²) in [6.45, 7) is 7.12. The first-order valence-corrected chi connectivity index (χ1v) is 12.2. The van der Waals surface area contributed by atoms with E-state index >= 15 is 0 Å². The van der Waals surface area contributed by atoms with E-state index in [4.69, 9.17) is 0 Å². The average molecular weight is 577 g/mol. The molecule has 9 heteroatoms. The van der Waals surface area contributed by atoms with Gasteiger partial charge in [0.15, 0.2) is 0 Å². The zero-order chi connectivity index (χ0) is 23.9. The molecule has 4 aromatic rings. The molecule has 0 saturated carbocycles. The quantitative estimate of drug-likeness (QED) is 0.208. The number of hydrogen-bond donors (Lipinski definition) is 0. The van der Waals surface area contributed by atoms with Gasteiger partial charge in [0.25, 0.3) is 10.0 Å². The molecule has 0 amide bonds. The van der Waals surface area contributed by atoms with Crippen molar-refractivity contribution in [3.8, 4) is 22.5 Å². The van der Waals surface area contributed by atoms with Crippen molar-refractivity contribution in [2.75, 3.05) is 0 Å². The summed E-state index contributed by atoms with van der Waals surface area (Å²) in [6.07, 6.45) is 3.75. The molecule has 4 rings (SSSR count). The van der Waals surface area contributed by atoms with Crippen molar-refractivity contribution >= 4 is 43.5 Å². The minimum Gasteiger partial charge on any atom is -0.267 e. The lowest BCUT2D eigenvalue weighted by Gasteiger charge is -2.14. The highest BCUT2D eigenvalue weighted by atomic mass is 127. The van der Waals surface area contributed by atoms with E-state index in [-0.39, 0.29) is 16.1 Å². The number of rotatable bonds is 6. The molecule has 2 aromatic carbocycles. The number of aromatic nitrogens is 3. The Balaban J connectivity index is 2.10. The first-order chi connectivity index (χ1) is 15.7. The normalized spacial score (nSPS) is 12.3. The summed E-state index contributed by atoms with van der Waals surface area (Å²) in [7, 11) is -2.45. The molecule has 2 heterocycles. The fraction of sp³-hybridized carbons (Fsp3) is 0.0417. The molecule has 0 atom stereocenters. The second kappa shape index (κ2) is 8.71. The van der Waals surface area contributed by atoms with Gasteiger partial charge in [-0.2, -0.15) is 5.10 Å². The Morgan fingerprint density at radius 2 is 1.76 bits per heavy atom. The van der Waals surface area contributed by atoms with Gasteiger partial charge in [0.1, 0.15) is 15.3 Å². The van der Waals surface area contributed by atoms with Gasteiger partial charge in [0, 0.05) is 18.0 Å². The molecular formula is C24H18F2IN3O2S. The first-order valence-electron chi connectivity index (χ1n) is 9.69. The third-order valence-corrected chi connectivity index (χ3v) is 7.44. The third kappa shape index (κ3) is 3.95. The lowest BCUT2D eigenvalue weighted by atomic mass is 10.1. The summed E-state index contributed by atoms with van der Waals surface area (Å²) >= 11 is 2.10. The Morgan fingerprint density at radius 1 is 1.06 bits per heavy atom. The van der Waals surface area contributed by atoms with Crippen LogP contribution in [0.15, 0.2) is 84.8 Å². The van der Waals surface area contributed by atoms with E-state index in [0.29, 0.717) is 5.39 Å². The number of hydrogen-bond acceptors (Lipinski definition) is 3. The fourth-order valence-corrected chi connectivity index (χ4v) is 5.84. The first kappa shape index (κ1) is 23.1. The second-order valence-corrected chi connectivity index (χ2v) is 10.0. The number of benzene rings is 2. The summed E-state index contributed by atoms with van der Waals surface area (Å²) in [5, 5.41) is 4.82. The molecule has 0 aliphatic carbocycles. The molecule has 0 N–H and O–H groups in total. The van der Waals surface area contributed by atoms with Crippen LogP contribution in [0.2, 0.25) is 0 Å². The van der Waals surface area contributed by atoms with Crippen LogP contribution in [0.4, 0.5) is 8.78 Å². The van der Waals surface area contributed by atoms with Crippen LogP contribution < -0.4 is 0 Å². The van der Waals surface area contributed by atoms with Gasteiger partial charge in [-0.1, -0.05) is 31.4 Å². The van der Waals surface area contributed by atoms with Crippen LogP contribution in [0.1, 0.15) is 0 Å². The SMILES string of the molecule is C=CC=C(C=C)S(=O)(=O)n1c(-c2c(F)cccc2F)cc2cc(-c3cc(I)nn3C)ccc21. The molecule has 0 unspecified atom stereocenters. The molecule has 0 bridgehead atoms. The number of nitrogens with zero attached hydrogens (tertiary/aromatic N) is 3. The monoisotopic (exact) mass is 577 g/mol. The van der Waals surface area contributed by atoms with Crippen LogP contribution in [0, 0.1) is 15.3 Å². The zero-order valence-corrected chi connectivity index (χ0v) is 20.4. The number of aryl methyl sites for hydroxylation is 1. The second-order valence-electron chi connectivity index (χ2n) is 7.15. The maximum Gasteiger partial charge on any atom is 0.268 e. The summed E-state index contributed by atoms with van der Waals surface area (Å²) in [5.74, 6) is -1.74. The maximum atomic E-state index is 14.8. The van der Waals surface area contributed by atoms with Crippen LogP contribution in [0.25, 0.3) is 33.4 Å². The minimum absolute atomic E-state index is 0.130. The average Bonchev–Trinajstić information content (AvgIpc) is 3.30. The van der Waals surface area contributed by atoms with Crippen molar-refractivity contribution in [2.45, 2.75) is 0 Å². The van der Waals surface area contributed by atoms with Gasteiger partial charge in [-0.3, -0.25) is 4.68 Å². The smallest absolute Gasteiger partial charge is 0.267 e. The predicted octanol–water partition coefficient (Wildman–Crippen LogP) is 6.03. The van der Waals surface area contributed by atoms with E-state index < -0.39 is 27.2 Å². The third-order valence-electron chi connectivity index (χ3n) is 5.14. The molecular weight excluding hydrogens is 559 g/mol. The Morgan fingerprint density at radius 3 is 2.33 bits per heavy atom. The van der Waals surface area contributed by atoms with Gasteiger partial charge in [-0.05, 0) is 71.1 Å². The Labute approximate surface area is 203 Å². The van der Waals surface area contributed by atoms with Crippen LogP contribution >= 0.6 is 22.6 Å². The van der Waals surface area contributed by atoms with Crippen LogP contribution in [0.3, 0.4) is 0 Å². The highest BCUT2D eigenvalue weighted by Gasteiger charge is 2.27. The molecule has 0 aliphatic heterocycles. The van der Waals surface area contributed by atoms with Gasteiger partial charge in [0.2, 0.25) is 0 Å². The van der Waals surface area contributed by atoms with Gasteiger partial charge in [-0.15, -0.1) is 0 Å². The van der Waals surface area contributed by atoms with E-state index in [0.717, 1.165) is 37.1 Å². The van der Waals surface area contributed by atoms with E-state index in [1.807, 2.05) is 6.07 Å². The molecule has 168 valence electrons. The van der Waals surface area contributed by atoms with Crippen molar-refractivity contribution in [3.63, 3.8) is 0 Å². The van der Waals surface area contributed by atoms with E-state index in [1.54, 1.807) is 29.9 Å². The van der Waals surface area contributed by atoms with Crippen molar-refractivity contribution in [3.05, 3.63) is 100 Å².